The number of halogens is 4. The van der Waals surface area contributed by atoms with Crippen molar-refractivity contribution in [3.63, 3.8) is 0 Å². The van der Waals surface area contributed by atoms with E-state index in [1.807, 2.05) is 7.05 Å². The van der Waals surface area contributed by atoms with Crippen molar-refractivity contribution in [1.29, 1.82) is 0 Å². The van der Waals surface area contributed by atoms with Gasteiger partial charge in [-0.3, -0.25) is 9.78 Å². The number of nitrogen functional groups attached to an aromatic ring is 1. The van der Waals surface area contributed by atoms with Crippen LogP contribution in [0.3, 0.4) is 0 Å². The van der Waals surface area contributed by atoms with E-state index in [0.717, 1.165) is 19.4 Å². The molecule has 3 aromatic rings. The van der Waals surface area contributed by atoms with E-state index < -0.39 is 28.9 Å². The number of carbonyl (C=O) groups excluding carboxylic acids is 1. The number of alkyl halides is 3. The Morgan fingerprint density at radius 1 is 1.16 bits per heavy atom. The largest absolute Gasteiger partial charge is 0.507 e. The minimum absolute atomic E-state index is 0.0312. The summed E-state index contributed by atoms with van der Waals surface area (Å²) >= 11 is 0. The lowest BCUT2D eigenvalue weighted by atomic mass is 10.0. The molecule has 0 atom stereocenters. The van der Waals surface area contributed by atoms with Crippen LogP contribution in [0.2, 0.25) is 0 Å². The highest BCUT2D eigenvalue weighted by Gasteiger charge is 2.33. The minimum Gasteiger partial charge on any atom is -0.507 e. The number of nitrogens with zero attached hydrogens (tertiary/aromatic N) is 4. The maximum absolute atomic E-state index is 14.2. The summed E-state index contributed by atoms with van der Waals surface area (Å²) in [6.07, 6.45) is 0.991. The average Bonchev–Trinajstić information content (AvgIpc) is 2.71. The Hall–Kier alpha value is -3.50. The van der Waals surface area contributed by atoms with Crippen molar-refractivity contribution in [1.82, 2.24) is 20.1 Å². The summed E-state index contributed by atoms with van der Waals surface area (Å²) in [7, 11) is 1.86. The highest BCUT2D eigenvalue weighted by Crippen LogP contribution is 2.40. The summed E-state index contributed by atoms with van der Waals surface area (Å²) in [4.78, 5) is 16.4. The number of hydrogen-bond acceptors (Lipinski definition) is 6. The maximum atomic E-state index is 14.2. The van der Waals surface area contributed by atoms with Crippen molar-refractivity contribution in [2.45, 2.75) is 25.4 Å². The Morgan fingerprint density at radius 2 is 1.90 bits per heavy atom. The van der Waals surface area contributed by atoms with Gasteiger partial charge in [0.1, 0.15) is 17.3 Å². The molecule has 0 aliphatic carbocycles. The van der Waals surface area contributed by atoms with Gasteiger partial charge in [0.15, 0.2) is 5.82 Å². The number of amides is 1. The fourth-order valence-corrected chi connectivity index (χ4v) is 3.13. The van der Waals surface area contributed by atoms with Crippen LogP contribution in [0.4, 0.5) is 23.4 Å². The van der Waals surface area contributed by atoms with E-state index >= 15 is 0 Å². The molecule has 1 aromatic carbocycles. The zero-order chi connectivity index (χ0) is 22.8. The number of hydrogen-bond donors (Lipinski definition) is 2. The summed E-state index contributed by atoms with van der Waals surface area (Å²) in [5.74, 6) is -1.83. The molecular weight excluding hydrogens is 418 g/mol. The van der Waals surface area contributed by atoms with Gasteiger partial charge < -0.3 is 15.7 Å². The van der Waals surface area contributed by atoms with Crippen LogP contribution in [0.15, 0.2) is 30.6 Å². The quantitative estimate of drug-likeness (QED) is 0.562. The van der Waals surface area contributed by atoms with Gasteiger partial charge in [-0.25, -0.2) is 4.39 Å². The predicted molar refractivity (Wildman–Crippen MR) is 105 cm³/mol. The normalized spacial score (nSPS) is 14.4. The molecule has 1 aliphatic heterocycles. The van der Waals surface area contributed by atoms with Crippen LogP contribution in [-0.2, 0) is 11.0 Å². The molecule has 7 nitrogen and oxygen atoms in total. The third kappa shape index (κ3) is 4.81. The van der Waals surface area contributed by atoms with E-state index in [4.69, 9.17) is 5.73 Å². The molecule has 11 heteroatoms. The smallest absolute Gasteiger partial charge is 0.416 e. The monoisotopic (exact) mass is 437 g/mol. The van der Waals surface area contributed by atoms with Crippen LogP contribution >= 0.6 is 0 Å². The highest BCUT2D eigenvalue weighted by molar-refractivity contribution is 5.99. The number of pyridine rings is 1. The molecule has 31 heavy (non-hydrogen) atoms. The van der Waals surface area contributed by atoms with Gasteiger partial charge in [-0.1, -0.05) is 0 Å². The summed E-state index contributed by atoms with van der Waals surface area (Å²) in [6, 6.07) is 2.18. The molecule has 4 rings (SSSR count). The van der Waals surface area contributed by atoms with Gasteiger partial charge >= 0.3 is 6.18 Å². The molecule has 0 bridgehead atoms. The van der Waals surface area contributed by atoms with Gasteiger partial charge in [0, 0.05) is 43.2 Å². The minimum atomic E-state index is -4.78. The lowest BCUT2D eigenvalue weighted by Gasteiger charge is -2.21. The first-order chi connectivity index (χ1) is 14.6. The summed E-state index contributed by atoms with van der Waals surface area (Å²) < 4.78 is 52.2. The predicted octanol–water partition coefficient (Wildman–Crippen LogP) is 3.77. The van der Waals surface area contributed by atoms with Crippen molar-refractivity contribution in [3.05, 3.63) is 42.0 Å². The fourth-order valence-electron chi connectivity index (χ4n) is 3.13. The standard InChI is InChI=1S/C14H8F4N4O.C6H11NO/c15-9-3-6(14(16,17)18)4-10(23)11(9)12-7-1-2-20-5-8(7)13(19)22-21-12;1-7-5-3-2-4-6(7)8/h1-5,23H,(H2,19,22);2-5H2,1H3. The zero-order valence-corrected chi connectivity index (χ0v) is 16.4. The van der Waals surface area contributed by atoms with Crippen LogP contribution in [-0.4, -0.2) is 44.7 Å². The number of aromatic nitrogens is 3. The lowest BCUT2D eigenvalue weighted by molar-refractivity contribution is -0.138. The number of phenolic OH excluding ortho intramolecular Hbond substituents is 1. The second-order valence-corrected chi connectivity index (χ2v) is 6.98. The molecular formula is C20H19F4N5O2. The number of phenols is 1. The number of piperidine rings is 1. The third-order valence-electron chi connectivity index (χ3n) is 4.80. The molecule has 3 heterocycles. The van der Waals surface area contributed by atoms with E-state index in [1.54, 1.807) is 4.90 Å². The van der Waals surface area contributed by atoms with Gasteiger partial charge in [-0.2, -0.15) is 13.2 Å². The van der Waals surface area contributed by atoms with Gasteiger partial charge in [-0.15, -0.1) is 10.2 Å². The number of benzene rings is 1. The first kappa shape index (κ1) is 22.2. The SMILES string of the molecule is CN1CCCCC1=O.Nc1nnc(-c2c(O)cc(C(F)(F)F)cc2F)c2ccncc12. The second-order valence-electron chi connectivity index (χ2n) is 6.98. The van der Waals surface area contributed by atoms with Crippen molar-refractivity contribution >= 4 is 22.5 Å². The van der Waals surface area contributed by atoms with Crippen LogP contribution in [0.25, 0.3) is 22.0 Å². The lowest BCUT2D eigenvalue weighted by Crippen LogP contribution is -2.31. The van der Waals surface area contributed by atoms with Gasteiger partial charge in [0.25, 0.3) is 0 Å². The Morgan fingerprint density at radius 3 is 2.48 bits per heavy atom. The Labute approximate surface area is 174 Å². The van der Waals surface area contributed by atoms with Crippen molar-refractivity contribution in [2.24, 2.45) is 0 Å². The molecule has 0 unspecified atom stereocenters. The third-order valence-corrected chi connectivity index (χ3v) is 4.80. The molecule has 164 valence electrons. The van der Waals surface area contributed by atoms with Gasteiger partial charge in [0.05, 0.1) is 11.1 Å². The average molecular weight is 437 g/mol. The number of nitrogens with two attached hydrogens (primary N) is 1. The Bertz CT molecular complexity index is 1100. The molecule has 0 saturated carbocycles. The number of carbonyl (C=O) groups is 1. The first-order valence-corrected chi connectivity index (χ1v) is 9.29. The van der Waals surface area contributed by atoms with Gasteiger partial charge in [0.2, 0.25) is 5.91 Å². The fraction of sp³-hybridized carbons (Fsp3) is 0.300. The number of likely N-dealkylation sites (tertiary alicyclic amines) is 1. The number of anilines is 1. The van der Waals surface area contributed by atoms with Crippen molar-refractivity contribution in [2.75, 3.05) is 19.3 Å². The molecule has 3 N–H and O–H groups in total. The molecule has 0 spiro atoms. The number of fused-ring (bicyclic) bond motifs is 1. The van der Waals surface area contributed by atoms with E-state index in [2.05, 4.69) is 15.2 Å². The second kappa shape index (κ2) is 8.70. The highest BCUT2D eigenvalue weighted by atomic mass is 19.4. The van der Waals surface area contributed by atoms with Crippen LogP contribution in [0, 0.1) is 5.82 Å². The van der Waals surface area contributed by atoms with Crippen molar-refractivity contribution < 1.29 is 27.5 Å². The molecule has 1 fully saturated rings. The molecule has 0 radical (unpaired) electrons. The summed E-state index contributed by atoms with van der Waals surface area (Å²) in [6.45, 7) is 0.957. The molecule has 1 saturated heterocycles. The van der Waals surface area contributed by atoms with Crippen LogP contribution < -0.4 is 5.73 Å². The molecule has 1 amide bonds. The Kier molecular flexibility index (Phi) is 6.23. The summed E-state index contributed by atoms with van der Waals surface area (Å²) in [5, 5.41) is 17.8. The van der Waals surface area contributed by atoms with Crippen LogP contribution in [0.1, 0.15) is 24.8 Å². The van der Waals surface area contributed by atoms with Gasteiger partial charge in [-0.05, 0) is 31.0 Å². The van der Waals surface area contributed by atoms with Crippen molar-refractivity contribution in [3.8, 4) is 17.0 Å². The Balaban J connectivity index is 0.000000287. The maximum Gasteiger partial charge on any atom is 0.416 e. The van der Waals surface area contributed by atoms with E-state index in [9.17, 15) is 27.5 Å². The zero-order valence-electron chi connectivity index (χ0n) is 16.4. The van der Waals surface area contributed by atoms with Crippen LogP contribution in [0.5, 0.6) is 5.75 Å². The van der Waals surface area contributed by atoms with E-state index in [-0.39, 0.29) is 11.5 Å². The summed E-state index contributed by atoms with van der Waals surface area (Å²) in [5.41, 5.74) is 3.73. The number of aromatic hydroxyl groups is 1. The topological polar surface area (TPSA) is 105 Å². The van der Waals surface area contributed by atoms with E-state index in [1.165, 1.54) is 24.9 Å². The molecule has 1 aliphatic rings. The first-order valence-electron chi connectivity index (χ1n) is 9.29. The number of rotatable bonds is 1. The van der Waals surface area contributed by atoms with E-state index in [0.29, 0.717) is 28.8 Å². The molecule has 2 aromatic heterocycles.